The minimum Gasteiger partial charge on any atom is -0.506 e. The van der Waals surface area contributed by atoms with Crippen LogP contribution in [0.2, 0.25) is 5.02 Å². The summed E-state index contributed by atoms with van der Waals surface area (Å²) in [5, 5.41) is 12.4. The Morgan fingerprint density at radius 2 is 1.72 bits per heavy atom. The predicted molar refractivity (Wildman–Crippen MR) is 207 cm³/mol. The number of phenols is 1. The SMILES string of the molecule is Cc1cc(-c2cc(Cl)ccc2C(=O)N2Cc3ccccc3C[C@H]2CN2CCOCC2)n(C)c1C(=O)N(c1cnc2c(ccn2C)c1)c1ccccc1O. The lowest BCUT2D eigenvalue weighted by molar-refractivity contribution is 0.0193. The number of pyridine rings is 1. The van der Waals surface area contributed by atoms with Crippen molar-refractivity contribution in [2.24, 2.45) is 14.1 Å². The molecule has 3 aromatic heterocycles. The van der Waals surface area contributed by atoms with E-state index < -0.39 is 0 Å². The van der Waals surface area contributed by atoms with Crippen LogP contribution in [0.3, 0.4) is 0 Å². The van der Waals surface area contributed by atoms with E-state index in [9.17, 15) is 14.7 Å². The summed E-state index contributed by atoms with van der Waals surface area (Å²) < 4.78 is 9.34. The van der Waals surface area contributed by atoms with Gasteiger partial charge in [-0.2, -0.15) is 0 Å². The summed E-state index contributed by atoms with van der Waals surface area (Å²) in [7, 11) is 3.74. The molecular weight excluding hydrogens is 688 g/mol. The van der Waals surface area contributed by atoms with E-state index in [1.807, 2.05) is 65.5 Å². The van der Waals surface area contributed by atoms with Gasteiger partial charge in [0.05, 0.1) is 30.8 Å². The number of aromatic hydroxyl groups is 1. The number of nitrogens with zero attached hydrogens (tertiary/aromatic N) is 6. The first-order valence-electron chi connectivity index (χ1n) is 17.9. The Bertz CT molecular complexity index is 2360. The molecule has 8 rings (SSSR count). The summed E-state index contributed by atoms with van der Waals surface area (Å²) in [6, 6.07) is 26.2. The van der Waals surface area contributed by atoms with Gasteiger partial charge >= 0.3 is 0 Å². The van der Waals surface area contributed by atoms with Gasteiger partial charge in [-0.3, -0.25) is 19.4 Å². The van der Waals surface area contributed by atoms with E-state index in [0.29, 0.717) is 64.2 Å². The van der Waals surface area contributed by atoms with Crippen LogP contribution in [0, 0.1) is 6.92 Å². The average Bonchev–Trinajstić information content (AvgIpc) is 3.69. The fourth-order valence-electron chi connectivity index (χ4n) is 7.86. The van der Waals surface area contributed by atoms with Crippen molar-refractivity contribution >= 4 is 45.8 Å². The molecule has 0 spiro atoms. The van der Waals surface area contributed by atoms with Gasteiger partial charge in [0, 0.05) is 79.7 Å². The molecule has 6 aromatic rings. The molecule has 0 unspecified atom stereocenters. The van der Waals surface area contributed by atoms with Crippen LogP contribution in [0.4, 0.5) is 11.4 Å². The topological polar surface area (TPSA) is 96.1 Å². The first kappa shape index (κ1) is 34.7. The number of aryl methyl sites for hydroxylation is 2. The molecule has 5 heterocycles. The van der Waals surface area contributed by atoms with Gasteiger partial charge < -0.3 is 23.9 Å². The number of rotatable bonds is 7. The van der Waals surface area contributed by atoms with Crippen molar-refractivity contribution in [1.29, 1.82) is 0 Å². The summed E-state index contributed by atoms with van der Waals surface area (Å²) in [5.41, 5.74) is 6.94. The highest BCUT2D eigenvalue weighted by molar-refractivity contribution is 6.31. The van der Waals surface area contributed by atoms with E-state index in [2.05, 4.69) is 28.1 Å². The molecule has 0 aliphatic carbocycles. The summed E-state index contributed by atoms with van der Waals surface area (Å²) >= 11 is 6.66. The lowest BCUT2D eigenvalue weighted by Gasteiger charge is -2.40. The normalized spacial score (nSPS) is 16.2. The fraction of sp³-hybridized carbons (Fsp3) is 0.262. The fourth-order valence-corrected chi connectivity index (χ4v) is 8.03. The van der Waals surface area contributed by atoms with Crippen molar-refractivity contribution in [3.05, 3.63) is 130 Å². The van der Waals surface area contributed by atoms with Gasteiger partial charge in [-0.1, -0.05) is 48.0 Å². The van der Waals surface area contributed by atoms with E-state index in [0.717, 1.165) is 42.7 Å². The average molecular weight is 729 g/mol. The monoisotopic (exact) mass is 728 g/mol. The number of fused-ring (bicyclic) bond motifs is 2. The number of para-hydroxylation sites is 2. The number of anilines is 2. The molecule has 11 heteroatoms. The molecule has 10 nitrogen and oxygen atoms in total. The number of phenolic OH excluding ortho intramolecular Hbond substituents is 1. The third kappa shape index (κ3) is 6.47. The van der Waals surface area contributed by atoms with Crippen molar-refractivity contribution in [1.82, 2.24) is 23.9 Å². The lowest BCUT2D eigenvalue weighted by atomic mass is 9.92. The second-order valence-corrected chi connectivity index (χ2v) is 14.4. The highest BCUT2D eigenvalue weighted by Crippen LogP contribution is 2.38. The second-order valence-electron chi connectivity index (χ2n) is 13.9. The molecule has 1 fully saturated rings. The van der Waals surface area contributed by atoms with Crippen LogP contribution < -0.4 is 4.90 Å². The number of benzene rings is 3. The highest BCUT2D eigenvalue weighted by atomic mass is 35.5. The Morgan fingerprint density at radius 1 is 0.962 bits per heavy atom. The number of carbonyl (C=O) groups is 2. The molecule has 2 amide bonds. The van der Waals surface area contributed by atoms with Crippen molar-refractivity contribution in [2.75, 3.05) is 37.7 Å². The lowest BCUT2D eigenvalue weighted by Crippen LogP contribution is -2.52. The maximum Gasteiger partial charge on any atom is 0.279 e. The number of ether oxygens (including phenoxy) is 1. The maximum absolute atomic E-state index is 14.9. The van der Waals surface area contributed by atoms with E-state index in [1.165, 1.54) is 10.5 Å². The first-order chi connectivity index (χ1) is 25.7. The van der Waals surface area contributed by atoms with Gasteiger partial charge in [0.25, 0.3) is 11.8 Å². The third-order valence-electron chi connectivity index (χ3n) is 10.6. The van der Waals surface area contributed by atoms with E-state index in [-0.39, 0.29) is 23.6 Å². The molecule has 53 heavy (non-hydrogen) atoms. The van der Waals surface area contributed by atoms with Gasteiger partial charge in [-0.15, -0.1) is 0 Å². The van der Waals surface area contributed by atoms with Gasteiger partial charge in [-0.25, -0.2) is 4.98 Å². The Balaban J connectivity index is 1.19. The molecule has 1 saturated heterocycles. The van der Waals surface area contributed by atoms with Crippen molar-refractivity contribution in [3.63, 3.8) is 0 Å². The van der Waals surface area contributed by atoms with E-state index in [1.54, 1.807) is 48.7 Å². The van der Waals surface area contributed by atoms with Crippen LogP contribution in [0.5, 0.6) is 5.75 Å². The van der Waals surface area contributed by atoms with Crippen LogP contribution in [0.25, 0.3) is 22.3 Å². The van der Waals surface area contributed by atoms with Crippen molar-refractivity contribution in [3.8, 4) is 17.0 Å². The van der Waals surface area contributed by atoms with Gasteiger partial charge in [0.15, 0.2) is 0 Å². The minimum atomic E-state index is -0.358. The quantitative estimate of drug-likeness (QED) is 0.188. The molecule has 2 aliphatic heterocycles. The molecule has 0 bridgehead atoms. The van der Waals surface area contributed by atoms with Crippen molar-refractivity contribution in [2.45, 2.75) is 25.9 Å². The van der Waals surface area contributed by atoms with Crippen LogP contribution in [0.1, 0.15) is 37.5 Å². The zero-order chi connectivity index (χ0) is 36.8. The number of halogens is 1. The highest BCUT2D eigenvalue weighted by Gasteiger charge is 2.34. The number of hydrogen-bond acceptors (Lipinski definition) is 6. The van der Waals surface area contributed by atoms with Crippen LogP contribution >= 0.6 is 11.6 Å². The summed E-state index contributed by atoms with van der Waals surface area (Å²) in [5.74, 6) is -0.490. The van der Waals surface area contributed by atoms with Gasteiger partial charge in [0.1, 0.15) is 17.1 Å². The van der Waals surface area contributed by atoms with Gasteiger partial charge in [0.2, 0.25) is 0 Å². The Kier molecular flexibility index (Phi) is 9.28. The molecule has 270 valence electrons. The standard InChI is InChI=1S/C42H41ClN6O4/c1-27-20-37(46(3)39(27)42(52)49(36-10-6-7-11-38(36)50)32-22-29-14-15-45(2)40(29)44-24-32)35-23-31(43)12-13-34(35)41(51)48-25-30-9-5-4-8-28(30)21-33(48)26-47-16-18-53-19-17-47/h4-15,20,22-24,33,50H,16-19,21,25-26H2,1-3H3/t33-/m0/s1. The molecule has 2 aliphatic rings. The van der Waals surface area contributed by atoms with E-state index >= 15 is 0 Å². The molecule has 0 radical (unpaired) electrons. The number of morpholine rings is 1. The molecular formula is C42H41ClN6O4. The van der Waals surface area contributed by atoms with Gasteiger partial charge in [-0.05, 0) is 78.6 Å². The third-order valence-corrected chi connectivity index (χ3v) is 10.8. The largest absolute Gasteiger partial charge is 0.506 e. The maximum atomic E-state index is 14.9. The Hall–Kier alpha value is -5.42. The van der Waals surface area contributed by atoms with E-state index in [4.69, 9.17) is 16.3 Å². The Labute approximate surface area is 313 Å². The minimum absolute atomic E-state index is 0.0333. The Morgan fingerprint density at radius 3 is 2.51 bits per heavy atom. The number of amides is 2. The summed E-state index contributed by atoms with van der Waals surface area (Å²) in [4.78, 5) is 40.2. The zero-order valence-corrected chi connectivity index (χ0v) is 30.8. The zero-order valence-electron chi connectivity index (χ0n) is 30.0. The summed E-state index contributed by atoms with van der Waals surface area (Å²) in [6.07, 6.45) is 4.32. The smallest absolute Gasteiger partial charge is 0.279 e. The second kappa shape index (κ2) is 14.2. The summed E-state index contributed by atoms with van der Waals surface area (Å²) in [6.45, 7) is 6.16. The number of aromatic nitrogens is 3. The van der Waals surface area contributed by atoms with Crippen molar-refractivity contribution < 1.29 is 19.4 Å². The predicted octanol–water partition coefficient (Wildman–Crippen LogP) is 7.12. The molecule has 3 aromatic carbocycles. The van der Waals surface area contributed by atoms with Crippen LogP contribution in [0.15, 0.2) is 97.3 Å². The molecule has 0 saturated carbocycles. The van der Waals surface area contributed by atoms with Crippen LogP contribution in [-0.2, 0) is 31.8 Å². The molecule has 1 N–H and O–H groups in total. The number of hydrogen-bond donors (Lipinski definition) is 1. The molecule has 1 atom stereocenters. The number of carbonyl (C=O) groups excluding carboxylic acids is 2. The first-order valence-corrected chi connectivity index (χ1v) is 18.2. The van der Waals surface area contributed by atoms with Crippen LogP contribution in [-0.4, -0.2) is 79.7 Å².